The lowest BCUT2D eigenvalue weighted by Crippen LogP contribution is -2.41. The number of hydrogen-bond acceptors (Lipinski definition) is 6. The largest absolute Gasteiger partial charge is 0.493 e. The third-order valence-electron chi connectivity index (χ3n) is 4.97. The number of carbonyl (C=O) groups is 1. The Hall–Kier alpha value is -3.94. The summed E-state index contributed by atoms with van der Waals surface area (Å²) in [4.78, 5) is 19.1. The highest BCUT2D eigenvalue weighted by atomic mass is 19.3. The molecular weight excluding hydrogens is 441 g/mol. The minimum Gasteiger partial charge on any atom is -0.493 e. The van der Waals surface area contributed by atoms with Crippen molar-refractivity contribution in [2.45, 2.75) is 24.8 Å². The summed E-state index contributed by atoms with van der Waals surface area (Å²) in [5.41, 5.74) is 5.65. The lowest BCUT2D eigenvalue weighted by Gasteiger charge is -2.34. The van der Waals surface area contributed by atoms with E-state index in [1.54, 1.807) is 18.2 Å². The van der Waals surface area contributed by atoms with E-state index in [4.69, 9.17) is 26.0 Å². The van der Waals surface area contributed by atoms with Crippen molar-refractivity contribution in [3.8, 4) is 35.4 Å². The average Bonchev–Trinajstić information content (AvgIpc) is 3.16. The third kappa shape index (κ3) is 5.28. The molecule has 0 spiro atoms. The van der Waals surface area contributed by atoms with E-state index in [0.29, 0.717) is 16.8 Å². The number of benzene rings is 1. The van der Waals surface area contributed by atoms with Crippen LogP contribution in [-0.4, -0.2) is 41.2 Å². The van der Waals surface area contributed by atoms with Crippen LogP contribution in [0, 0.1) is 24.1 Å². The number of hydrogen-bond donors (Lipinski definition) is 2. The Morgan fingerprint density at radius 3 is 2.79 bits per heavy atom. The predicted octanol–water partition coefficient (Wildman–Crippen LogP) is 3.50. The molecule has 1 saturated carbocycles. The molecule has 1 fully saturated rings. The Labute approximate surface area is 186 Å². The van der Waals surface area contributed by atoms with Crippen LogP contribution in [0.3, 0.4) is 0 Å². The second kappa shape index (κ2) is 8.90. The number of nitrogens with one attached hydrogen (secondary N) is 1. The van der Waals surface area contributed by atoms with Gasteiger partial charge >= 0.3 is 6.03 Å². The van der Waals surface area contributed by atoms with Gasteiger partial charge < -0.3 is 24.9 Å². The van der Waals surface area contributed by atoms with Gasteiger partial charge in [-0.3, -0.25) is 0 Å². The van der Waals surface area contributed by atoms with Crippen molar-refractivity contribution in [3.05, 3.63) is 36.3 Å². The normalized spacial score (nSPS) is 15.9. The van der Waals surface area contributed by atoms with E-state index in [9.17, 15) is 18.0 Å². The van der Waals surface area contributed by atoms with Gasteiger partial charge in [0.15, 0.2) is 17.1 Å². The molecule has 0 bridgehead atoms. The molecular formula is C22H19F3N4O4. The second-order valence-corrected chi connectivity index (χ2v) is 7.63. The molecule has 2 amide bonds. The van der Waals surface area contributed by atoms with Crippen molar-refractivity contribution in [1.29, 1.82) is 0 Å². The predicted molar refractivity (Wildman–Crippen MR) is 111 cm³/mol. The van der Waals surface area contributed by atoms with E-state index < -0.39 is 23.8 Å². The molecule has 0 radical (unpaired) electrons. The van der Waals surface area contributed by atoms with Gasteiger partial charge in [0.2, 0.25) is 11.8 Å². The maximum atomic E-state index is 14.6. The Morgan fingerprint density at radius 1 is 1.33 bits per heavy atom. The van der Waals surface area contributed by atoms with Crippen molar-refractivity contribution in [2.75, 3.05) is 13.2 Å². The Morgan fingerprint density at radius 2 is 2.12 bits per heavy atom. The first-order chi connectivity index (χ1) is 15.7. The van der Waals surface area contributed by atoms with Crippen LogP contribution in [0.25, 0.3) is 22.7 Å². The van der Waals surface area contributed by atoms with Crippen LogP contribution in [0.1, 0.15) is 12.8 Å². The van der Waals surface area contributed by atoms with Crippen LogP contribution >= 0.6 is 0 Å². The Bertz CT molecular complexity index is 1220. The summed E-state index contributed by atoms with van der Waals surface area (Å²) >= 11 is 0. The molecule has 3 aromatic rings. The van der Waals surface area contributed by atoms with Crippen molar-refractivity contribution < 1.29 is 31.9 Å². The summed E-state index contributed by atoms with van der Waals surface area (Å²) in [5.74, 6) is -0.797. The minimum atomic E-state index is -2.60. The molecule has 1 aromatic carbocycles. The van der Waals surface area contributed by atoms with Gasteiger partial charge in [0.05, 0.1) is 12.8 Å². The van der Waals surface area contributed by atoms with Gasteiger partial charge in [0, 0.05) is 30.9 Å². The number of oxazole rings is 1. The number of amides is 2. The van der Waals surface area contributed by atoms with Crippen molar-refractivity contribution in [2.24, 2.45) is 11.7 Å². The first-order valence-electron chi connectivity index (χ1n) is 9.94. The van der Waals surface area contributed by atoms with Crippen LogP contribution < -0.4 is 20.5 Å². The van der Waals surface area contributed by atoms with Crippen LogP contribution in [0.4, 0.5) is 18.0 Å². The summed E-state index contributed by atoms with van der Waals surface area (Å²) in [7, 11) is 0. The number of aromatic nitrogens is 2. The number of halogens is 3. The highest BCUT2D eigenvalue weighted by Gasteiger charge is 2.45. The molecule has 172 valence electrons. The van der Waals surface area contributed by atoms with E-state index in [-0.39, 0.29) is 49.3 Å². The molecule has 1 atom stereocenters. The maximum Gasteiger partial charge on any atom is 0.313 e. The van der Waals surface area contributed by atoms with E-state index in [2.05, 4.69) is 21.2 Å². The van der Waals surface area contributed by atoms with Crippen molar-refractivity contribution in [1.82, 2.24) is 15.3 Å². The molecule has 1 aliphatic carbocycles. The van der Waals surface area contributed by atoms with E-state index in [0.717, 1.165) is 6.07 Å². The van der Waals surface area contributed by atoms with Crippen molar-refractivity contribution >= 4 is 17.1 Å². The third-order valence-corrected chi connectivity index (χ3v) is 4.97. The van der Waals surface area contributed by atoms with Gasteiger partial charge in [-0.15, -0.1) is 6.42 Å². The molecule has 33 heavy (non-hydrogen) atoms. The first kappa shape index (κ1) is 22.3. The van der Waals surface area contributed by atoms with E-state index in [1.165, 1.54) is 6.20 Å². The van der Waals surface area contributed by atoms with Gasteiger partial charge in [0.25, 0.3) is 0 Å². The molecule has 11 heteroatoms. The monoisotopic (exact) mass is 460 g/mol. The molecule has 2 aromatic heterocycles. The van der Waals surface area contributed by atoms with E-state index in [1.807, 2.05) is 0 Å². The SMILES string of the molecule is C#C[C@@H](COc1cnc(-c2nc3ccc(OCC4CC(F)(F)C4)cc3o2)c(F)c1)NC(N)=O. The topological polar surface area (TPSA) is 112 Å². The number of pyridine rings is 1. The molecule has 3 N–H and O–H groups in total. The summed E-state index contributed by atoms with van der Waals surface area (Å²) < 4.78 is 57.0. The quantitative estimate of drug-likeness (QED) is 0.498. The molecule has 2 heterocycles. The number of alkyl halides is 2. The molecule has 0 aliphatic heterocycles. The number of carbonyl (C=O) groups excluding carboxylic acids is 1. The number of nitrogens with zero attached hydrogens (tertiary/aromatic N) is 2. The fourth-order valence-electron chi connectivity index (χ4n) is 3.35. The van der Waals surface area contributed by atoms with Crippen LogP contribution in [0.15, 0.2) is 34.9 Å². The van der Waals surface area contributed by atoms with Gasteiger partial charge in [-0.25, -0.2) is 27.9 Å². The maximum absolute atomic E-state index is 14.6. The Balaban J connectivity index is 1.42. The van der Waals surface area contributed by atoms with Gasteiger partial charge in [0.1, 0.15) is 29.7 Å². The summed E-state index contributed by atoms with van der Waals surface area (Å²) in [6.45, 7) is 0.0410. The summed E-state index contributed by atoms with van der Waals surface area (Å²) in [5, 5.41) is 2.29. The zero-order valence-electron chi connectivity index (χ0n) is 17.2. The average molecular weight is 460 g/mol. The van der Waals surface area contributed by atoms with Crippen LogP contribution in [-0.2, 0) is 0 Å². The Kier molecular flexibility index (Phi) is 6.00. The van der Waals surface area contributed by atoms with Gasteiger partial charge in [-0.2, -0.15) is 0 Å². The highest BCUT2D eigenvalue weighted by Crippen LogP contribution is 2.42. The summed E-state index contributed by atoms with van der Waals surface area (Å²) in [6.07, 6.45) is 6.16. The lowest BCUT2D eigenvalue weighted by atomic mass is 9.82. The molecule has 0 unspecified atom stereocenters. The van der Waals surface area contributed by atoms with E-state index >= 15 is 0 Å². The number of nitrogens with two attached hydrogens (primary N) is 1. The number of primary amides is 1. The lowest BCUT2D eigenvalue weighted by molar-refractivity contribution is -0.119. The van der Waals surface area contributed by atoms with Gasteiger partial charge in [-0.1, -0.05) is 5.92 Å². The number of fused-ring (bicyclic) bond motifs is 1. The second-order valence-electron chi connectivity index (χ2n) is 7.63. The highest BCUT2D eigenvalue weighted by molar-refractivity contribution is 5.77. The molecule has 4 rings (SSSR count). The fourth-order valence-corrected chi connectivity index (χ4v) is 3.35. The smallest absolute Gasteiger partial charge is 0.313 e. The zero-order chi connectivity index (χ0) is 23.6. The number of rotatable bonds is 8. The fraction of sp³-hybridized carbons (Fsp3) is 0.318. The minimum absolute atomic E-state index is 0.0540. The molecule has 8 nitrogen and oxygen atoms in total. The number of terminal acetylenes is 1. The standard InChI is InChI=1S/C22H19F3N4O4/c1-2-13(28-21(26)30)11-32-15-5-16(23)19(27-9-15)20-29-17-4-3-14(6-18(17)33-20)31-10-12-7-22(24,25)8-12/h1,3-6,9,12-13H,7-8,10-11H2,(H3,26,28,30)/t13-/m0/s1. The van der Waals surface area contributed by atoms with Gasteiger partial charge in [-0.05, 0) is 12.1 Å². The number of ether oxygens (including phenoxy) is 2. The van der Waals surface area contributed by atoms with Crippen LogP contribution in [0.2, 0.25) is 0 Å². The number of urea groups is 1. The molecule has 1 aliphatic rings. The zero-order valence-corrected chi connectivity index (χ0v) is 17.2. The first-order valence-corrected chi connectivity index (χ1v) is 9.94. The summed E-state index contributed by atoms with van der Waals surface area (Å²) in [6, 6.07) is 4.29. The van der Waals surface area contributed by atoms with Crippen molar-refractivity contribution in [3.63, 3.8) is 0 Å². The molecule has 0 saturated heterocycles. The van der Waals surface area contributed by atoms with Crippen LogP contribution in [0.5, 0.6) is 11.5 Å².